The maximum absolute atomic E-state index is 12.2. The van der Waals surface area contributed by atoms with Crippen molar-refractivity contribution in [3.8, 4) is 0 Å². The van der Waals surface area contributed by atoms with Crippen molar-refractivity contribution in [3.05, 3.63) is 34.9 Å². The van der Waals surface area contributed by atoms with E-state index >= 15 is 0 Å². The maximum atomic E-state index is 12.2. The number of carboxylic acids is 1. The summed E-state index contributed by atoms with van der Waals surface area (Å²) >= 11 is 5.81. The first-order valence-electron chi connectivity index (χ1n) is 6.63. The largest absolute Gasteiger partial charge is 0.479 e. The van der Waals surface area contributed by atoms with Crippen LogP contribution in [0.5, 0.6) is 0 Å². The molecule has 0 aliphatic carbocycles. The second kappa shape index (κ2) is 6.80. The van der Waals surface area contributed by atoms with E-state index in [-0.39, 0.29) is 6.54 Å². The van der Waals surface area contributed by atoms with Crippen LogP contribution in [0, 0.1) is 0 Å². The van der Waals surface area contributed by atoms with Gasteiger partial charge in [-0.25, -0.2) is 9.59 Å². The summed E-state index contributed by atoms with van der Waals surface area (Å²) < 4.78 is 5.26. The van der Waals surface area contributed by atoms with Gasteiger partial charge in [-0.05, 0) is 45.4 Å². The van der Waals surface area contributed by atoms with Crippen LogP contribution in [0.3, 0.4) is 0 Å². The average Bonchev–Trinajstić information content (AvgIpc) is 2.34. The van der Waals surface area contributed by atoms with Gasteiger partial charge in [0.2, 0.25) is 0 Å². The lowest BCUT2D eigenvalue weighted by atomic mass is 10.1. The van der Waals surface area contributed by atoms with Gasteiger partial charge in [0.25, 0.3) is 0 Å². The average molecular weight is 314 g/mol. The second-order valence-electron chi connectivity index (χ2n) is 5.56. The Kier molecular flexibility index (Phi) is 5.61. The molecule has 116 valence electrons. The predicted octanol–water partition coefficient (Wildman–Crippen LogP) is 3.72. The molecule has 1 unspecified atom stereocenters. The first kappa shape index (κ1) is 17.3. The van der Waals surface area contributed by atoms with Crippen LogP contribution in [0.1, 0.15) is 39.3 Å². The van der Waals surface area contributed by atoms with E-state index in [1.807, 2.05) is 0 Å². The van der Waals surface area contributed by atoms with Gasteiger partial charge in [-0.2, -0.15) is 0 Å². The SMILES string of the molecule is CCN(C(=O)OC(C)(C)C)C(C(=O)O)c1ccc(Cl)cc1. The molecule has 0 spiro atoms. The van der Waals surface area contributed by atoms with Crippen molar-refractivity contribution in [1.29, 1.82) is 0 Å². The zero-order chi connectivity index (χ0) is 16.2. The first-order valence-corrected chi connectivity index (χ1v) is 7.01. The Hall–Kier alpha value is -1.75. The van der Waals surface area contributed by atoms with Crippen LogP contribution in [0.25, 0.3) is 0 Å². The van der Waals surface area contributed by atoms with E-state index in [0.717, 1.165) is 0 Å². The fourth-order valence-electron chi connectivity index (χ4n) is 1.84. The van der Waals surface area contributed by atoms with Gasteiger partial charge in [0.05, 0.1) is 0 Å². The second-order valence-corrected chi connectivity index (χ2v) is 6.00. The van der Waals surface area contributed by atoms with E-state index in [9.17, 15) is 14.7 Å². The van der Waals surface area contributed by atoms with Crippen molar-refractivity contribution in [3.63, 3.8) is 0 Å². The Morgan fingerprint density at radius 3 is 2.19 bits per heavy atom. The van der Waals surface area contributed by atoms with Crippen molar-refractivity contribution in [2.45, 2.75) is 39.3 Å². The molecule has 1 rings (SSSR count). The molecule has 0 aliphatic heterocycles. The lowest BCUT2D eigenvalue weighted by Crippen LogP contribution is -2.42. The first-order chi connectivity index (χ1) is 9.65. The summed E-state index contributed by atoms with van der Waals surface area (Å²) in [5.74, 6) is -1.12. The van der Waals surface area contributed by atoms with Gasteiger partial charge in [0, 0.05) is 11.6 Å². The minimum Gasteiger partial charge on any atom is -0.479 e. The number of halogens is 1. The molecule has 0 saturated heterocycles. The quantitative estimate of drug-likeness (QED) is 0.920. The van der Waals surface area contributed by atoms with Crippen LogP contribution in [0.4, 0.5) is 4.79 Å². The third kappa shape index (κ3) is 4.93. The van der Waals surface area contributed by atoms with Crippen molar-refractivity contribution in [1.82, 2.24) is 4.90 Å². The number of hydrogen-bond donors (Lipinski definition) is 1. The standard InChI is InChI=1S/C15H20ClNO4/c1-5-17(14(20)21-15(2,3)4)12(13(18)19)10-6-8-11(16)9-7-10/h6-9,12H,5H2,1-4H3,(H,18,19). The van der Waals surface area contributed by atoms with E-state index in [1.54, 1.807) is 52.0 Å². The van der Waals surface area contributed by atoms with E-state index in [0.29, 0.717) is 10.6 Å². The van der Waals surface area contributed by atoms with Gasteiger partial charge < -0.3 is 9.84 Å². The molecule has 0 saturated carbocycles. The fraction of sp³-hybridized carbons (Fsp3) is 0.467. The number of ether oxygens (including phenoxy) is 1. The Balaban J connectivity index is 3.09. The summed E-state index contributed by atoms with van der Waals surface area (Å²) in [6, 6.07) is 5.26. The highest BCUT2D eigenvalue weighted by molar-refractivity contribution is 6.30. The minimum atomic E-state index is -1.12. The van der Waals surface area contributed by atoms with Crippen molar-refractivity contribution < 1.29 is 19.4 Å². The summed E-state index contributed by atoms with van der Waals surface area (Å²) in [5, 5.41) is 9.97. The topological polar surface area (TPSA) is 66.8 Å². The lowest BCUT2D eigenvalue weighted by Gasteiger charge is -2.30. The van der Waals surface area contributed by atoms with Crippen LogP contribution in [0.15, 0.2) is 24.3 Å². The molecule has 1 aromatic rings. The van der Waals surface area contributed by atoms with Crippen molar-refractivity contribution >= 4 is 23.7 Å². The number of rotatable bonds is 4. The molecule has 0 radical (unpaired) electrons. The number of amides is 1. The summed E-state index contributed by atoms with van der Waals surface area (Å²) in [5.41, 5.74) is -0.215. The van der Waals surface area contributed by atoms with Crippen LogP contribution < -0.4 is 0 Å². The summed E-state index contributed by atoms with van der Waals surface area (Å²) in [6.45, 7) is 7.12. The van der Waals surface area contributed by atoms with Gasteiger partial charge in [0.15, 0.2) is 6.04 Å². The highest BCUT2D eigenvalue weighted by atomic mass is 35.5. The number of carboxylic acid groups (broad SMARTS) is 1. The molecule has 21 heavy (non-hydrogen) atoms. The zero-order valence-corrected chi connectivity index (χ0v) is 13.3. The number of carbonyl (C=O) groups excluding carboxylic acids is 1. The molecule has 0 fully saturated rings. The molecule has 0 aromatic heterocycles. The van der Waals surface area contributed by atoms with E-state index in [1.165, 1.54) is 4.90 Å². The lowest BCUT2D eigenvalue weighted by molar-refractivity contribution is -0.143. The molecule has 0 aliphatic rings. The summed E-state index contributed by atoms with van der Waals surface area (Å²) in [6.07, 6.45) is -0.660. The fourth-order valence-corrected chi connectivity index (χ4v) is 1.96. The highest BCUT2D eigenvalue weighted by Gasteiger charge is 2.33. The third-order valence-corrected chi connectivity index (χ3v) is 2.95. The van der Waals surface area contributed by atoms with E-state index in [2.05, 4.69) is 0 Å². The van der Waals surface area contributed by atoms with Crippen molar-refractivity contribution in [2.24, 2.45) is 0 Å². The van der Waals surface area contributed by atoms with Crippen LogP contribution in [-0.2, 0) is 9.53 Å². The summed E-state index contributed by atoms with van der Waals surface area (Å²) in [7, 11) is 0. The normalized spacial score (nSPS) is 12.6. The number of hydrogen-bond acceptors (Lipinski definition) is 3. The number of carbonyl (C=O) groups is 2. The van der Waals surface area contributed by atoms with Gasteiger partial charge in [-0.3, -0.25) is 4.90 Å². The molecule has 1 aromatic carbocycles. The smallest absolute Gasteiger partial charge is 0.411 e. The Labute approximate surface area is 129 Å². The van der Waals surface area contributed by atoms with Gasteiger partial charge in [-0.1, -0.05) is 23.7 Å². The van der Waals surface area contributed by atoms with Crippen LogP contribution in [0.2, 0.25) is 5.02 Å². The third-order valence-electron chi connectivity index (χ3n) is 2.70. The molecular weight excluding hydrogens is 294 g/mol. The van der Waals surface area contributed by atoms with E-state index in [4.69, 9.17) is 16.3 Å². The van der Waals surface area contributed by atoms with Gasteiger partial charge in [-0.15, -0.1) is 0 Å². The Morgan fingerprint density at radius 2 is 1.81 bits per heavy atom. The highest BCUT2D eigenvalue weighted by Crippen LogP contribution is 2.24. The number of likely N-dealkylation sites (N-methyl/N-ethyl adjacent to an activating group) is 1. The maximum Gasteiger partial charge on any atom is 0.411 e. The molecule has 0 heterocycles. The Morgan fingerprint density at radius 1 is 1.29 bits per heavy atom. The molecule has 1 amide bonds. The van der Waals surface area contributed by atoms with Crippen molar-refractivity contribution in [2.75, 3.05) is 6.54 Å². The number of benzene rings is 1. The summed E-state index contributed by atoms with van der Waals surface area (Å²) in [4.78, 5) is 24.9. The number of nitrogens with zero attached hydrogens (tertiary/aromatic N) is 1. The molecule has 6 heteroatoms. The Bertz CT molecular complexity index is 507. The van der Waals surface area contributed by atoms with Crippen LogP contribution in [-0.4, -0.2) is 34.2 Å². The molecule has 1 N–H and O–H groups in total. The molecule has 0 bridgehead atoms. The monoisotopic (exact) mass is 313 g/mol. The van der Waals surface area contributed by atoms with E-state index < -0.39 is 23.7 Å². The van der Waals surface area contributed by atoms with Gasteiger partial charge >= 0.3 is 12.1 Å². The molecule has 1 atom stereocenters. The predicted molar refractivity (Wildman–Crippen MR) is 80.4 cm³/mol. The number of aliphatic carboxylic acids is 1. The van der Waals surface area contributed by atoms with Crippen LogP contribution >= 0.6 is 11.6 Å². The molecular formula is C15H20ClNO4. The minimum absolute atomic E-state index is 0.217. The molecule has 5 nitrogen and oxygen atoms in total. The zero-order valence-electron chi connectivity index (χ0n) is 12.6. The van der Waals surface area contributed by atoms with Gasteiger partial charge in [0.1, 0.15) is 5.60 Å².